The van der Waals surface area contributed by atoms with Crippen LogP contribution < -0.4 is 5.32 Å². The Hall–Kier alpha value is -3.24. The van der Waals surface area contributed by atoms with Crippen LogP contribution in [0.15, 0.2) is 59.1 Å². The number of hydrogen-bond donors (Lipinski definition) is 1. The van der Waals surface area contributed by atoms with Crippen LogP contribution in [-0.2, 0) is 11.8 Å². The summed E-state index contributed by atoms with van der Waals surface area (Å²) >= 11 is 2.62. The number of para-hydroxylation sites is 2. The summed E-state index contributed by atoms with van der Waals surface area (Å²) in [6.07, 6.45) is 0. The van der Waals surface area contributed by atoms with Crippen LogP contribution in [0.5, 0.6) is 0 Å². The first-order chi connectivity index (χ1) is 14.0. The van der Waals surface area contributed by atoms with Crippen molar-refractivity contribution in [1.29, 1.82) is 0 Å². The summed E-state index contributed by atoms with van der Waals surface area (Å²) in [5.74, 6) is 0.00471. The Bertz CT molecular complexity index is 1220. The summed E-state index contributed by atoms with van der Waals surface area (Å²) in [7, 11) is 1.92. The molecular weight excluding hydrogens is 410 g/mol. The fourth-order valence-corrected chi connectivity index (χ4v) is 4.30. The Labute approximate surface area is 173 Å². The summed E-state index contributed by atoms with van der Waals surface area (Å²) < 4.78 is 1.96. The highest BCUT2D eigenvalue weighted by Gasteiger charge is 2.13. The molecule has 8 nitrogen and oxygen atoms in total. The van der Waals surface area contributed by atoms with Crippen molar-refractivity contribution in [2.24, 2.45) is 7.05 Å². The lowest BCUT2D eigenvalue weighted by Crippen LogP contribution is -2.14. The number of aromatic nitrogens is 3. The van der Waals surface area contributed by atoms with Crippen LogP contribution in [0.2, 0.25) is 0 Å². The van der Waals surface area contributed by atoms with Crippen LogP contribution in [-0.4, -0.2) is 31.1 Å². The molecule has 146 valence electrons. The molecule has 0 aliphatic heterocycles. The lowest BCUT2D eigenvalue weighted by atomic mass is 10.1. The molecule has 0 saturated carbocycles. The molecule has 0 atom stereocenters. The molecule has 0 aliphatic rings. The number of thiazole rings is 1. The summed E-state index contributed by atoms with van der Waals surface area (Å²) in [4.78, 5) is 31.7. The Morgan fingerprint density at radius 3 is 2.86 bits per heavy atom. The summed E-state index contributed by atoms with van der Waals surface area (Å²) in [5.41, 5.74) is 3.11. The highest BCUT2D eigenvalue weighted by atomic mass is 32.2. The lowest BCUT2D eigenvalue weighted by molar-refractivity contribution is -0.384. The molecule has 4 rings (SSSR count). The van der Waals surface area contributed by atoms with Crippen LogP contribution in [0.4, 0.5) is 10.8 Å². The van der Waals surface area contributed by atoms with Crippen molar-refractivity contribution < 1.29 is 9.72 Å². The maximum atomic E-state index is 12.3. The van der Waals surface area contributed by atoms with E-state index in [4.69, 9.17) is 0 Å². The van der Waals surface area contributed by atoms with E-state index in [9.17, 15) is 14.9 Å². The summed E-state index contributed by atoms with van der Waals surface area (Å²) in [6, 6.07) is 14.0. The van der Waals surface area contributed by atoms with Gasteiger partial charge in [-0.25, -0.2) is 9.97 Å². The number of rotatable bonds is 6. The number of anilines is 1. The fourth-order valence-electron chi connectivity index (χ4n) is 2.78. The highest BCUT2D eigenvalue weighted by Crippen LogP contribution is 2.28. The second-order valence-electron chi connectivity index (χ2n) is 6.12. The summed E-state index contributed by atoms with van der Waals surface area (Å²) in [5, 5.41) is 16.7. The minimum absolute atomic E-state index is 0.0000554. The molecule has 4 aromatic rings. The largest absolute Gasteiger partial charge is 0.322 e. The first-order valence-electron chi connectivity index (χ1n) is 8.56. The maximum Gasteiger partial charge on any atom is 0.270 e. The second kappa shape index (κ2) is 8.02. The van der Waals surface area contributed by atoms with E-state index in [2.05, 4.69) is 15.3 Å². The Balaban J connectivity index is 1.41. The van der Waals surface area contributed by atoms with Gasteiger partial charge < -0.3 is 9.88 Å². The third kappa shape index (κ3) is 4.13. The first kappa shape index (κ1) is 19.1. The molecule has 0 saturated heterocycles. The van der Waals surface area contributed by atoms with Gasteiger partial charge in [0.15, 0.2) is 10.3 Å². The van der Waals surface area contributed by atoms with E-state index in [-0.39, 0.29) is 17.3 Å². The average Bonchev–Trinajstić information content (AvgIpc) is 3.31. The van der Waals surface area contributed by atoms with E-state index in [1.165, 1.54) is 35.2 Å². The zero-order valence-corrected chi connectivity index (χ0v) is 16.9. The van der Waals surface area contributed by atoms with Crippen LogP contribution in [0.25, 0.3) is 22.3 Å². The zero-order valence-electron chi connectivity index (χ0n) is 15.2. The van der Waals surface area contributed by atoms with Crippen LogP contribution >= 0.6 is 23.1 Å². The Kier molecular flexibility index (Phi) is 5.28. The number of aryl methyl sites for hydroxylation is 1. The lowest BCUT2D eigenvalue weighted by Gasteiger charge is -2.02. The van der Waals surface area contributed by atoms with Crippen molar-refractivity contribution in [1.82, 2.24) is 14.5 Å². The molecule has 1 N–H and O–H groups in total. The number of nitro benzene ring substituents is 1. The molecule has 2 aromatic carbocycles. The van der Waals surface area contributed by atoms with Crippen molar-refractivity contribution in [2.45, 2.75) is 5.16 Å². The van der Waals surface area contributed by atoms with Crippen molar-refractivity contribution >= 4 is 50.9 Å². The minimum Gasteiger partial charge on any atom is -0.322 e. The van der Waals surface area contributed by atoms with Gasteiger partial charge in [0.05, 0.1) is 27.4 Å². The highest BCUT2D eigenvalue weighted by molar-refractivity contribution is 7.99. The van der Waals surface area contributed by atoms with E-state index in [0.29, 0.717) is 16.4 Å². The molecule has 10 heteroatoms. The van der Waals surface area contributed by atoms with E-state index in [1.807, 2.05) is 35.9 Å². The SMILES string of the molecule is Cn1c(SCC(=O)Nc2nc(-c3cccc([N+](=O)[O-])c3)cs2)nc2ccccc21. The van der Waals surface area contributed by atoms with Crippen molar-refractivity contribution in [3.05, 3.63) is 64.0 Å². The second-order valence-corrected chi connectivity index (χ2v) is 7.92. The molecule has 2 heterocycles. The van der Waals surface area contributed by atoms with Crippen molar-refractivity contribution in [3.8, 4) is 11.3 Å². The predicted octanol–water partition coefficient (Wildman–Crippen LogP) is 4.34. The Morgan fingerprint density at radius 2 is 2.07 bits per heavy atom. The van der Waals surface area contributed by atoms with Crippen LogP contribution in [0.3, 0.4) is 0 Å². The van der Waals surface area contributed by atoms with Crippen molar-refractivity contribution in [2.75, 3.05) is 11.1 Å². The minimum atomic E-state index is -0.448. The van der Waals surface area contributed by atoms with Gasteiger partial charge >= 0.3 is 0 Å². The first-order valence-corrected chi connectivity index (χ1v) is 10.4. The van der Waals surface area contributed by atoms with Gasteiger partial charge in [-0.05, 0) is 12.1 Å². The molecule has 0 radical (unpaired) electrons. The van der Waals surface area contributed by atoms with E-state index < -0.39 is 4.92 Å². The number of hydrogen-bond acceptors (Lipinski definition) is 7. The van der Waals surface area contributed by atoms with Gasteiger partial charge in [-0.2, -0.15) is 0 Å². The molecule has 1 amide bonds. The van der Waals surface area contributed by atoms with Gasteiger partial charge in [0, 0.05) is 30.1 Å². The number of nitrogens with one attached hydrogen (secondary N) is 1. The monoisotopic (exact) mass is 425 g/mol. The van der Waals surface area contributed by atoms with Crippen LogP contribution in [0.1, 0.15) is 0 Å². The number of amides is 1. The quantitative estimate of drug-likeness (QED) is 0.280. The third-order valence-corrected chi connectivity index (χ3v) is 5.97. The van der Waals surface area contributed by atoms with Gasteiger partial charge in [0.25, 0.3) is 5.69 Å². The molecule has 0 fully saturated rings. The van der Waals surface area contributed by atoms with E-state index in [0.717, 1.165) is 16.2 Å². The normalized spacial score (nSPS) is 10.9. The molecule has 2 aromatic heterocycles. The van der Waals surface area contributed by atoms with Crippen molar-refractivity contribution in [3.63, 3.8) is 0 Å². The molecule has 0 spiro atoms. The molecule has 0 bridgehead atoms. The van der Waals surface area contributed by atoms with Gasteiger partial charge in [-0.15, -0.1) is 11.3 Å². The van der Waals surface area contributed by atoms with Gasteiger partial charge in [-0.3, -0.25) is 14.9 Å². The Morgan fingerprint density at radius 1 is 1.24 bits per heavy atom. The molecule has 0 aliphatic carbocycles. The number of benzene rings is 2. The smallest absolute Gasteiger partial charge is 0.270 e. The van der Waals surface area contributed by atoms with E-state index in [1.54, 1.807) is 17.5 Å². The molecule has 0 unspecified atom stereocenters. The summed E-state index contributed by atoms with van der Waals surface area (Å²) in [6.45, 7) is 0. The number of carbonyl (C=O) groups is 1. The van der Waals surface area contributed by atoms with Gasteiger partial charge in [0.1, 0.15) is 0 Å². The number of thioether (sulfide) groups is 1. The number of imidazole rings is 1. The molecular formula is C19H15N5O3S2. The van der Waals surface area contributed by atoms with E-state index >= 15 is 0 Å². The number of nitrogens with zero attached hydrogens (tertiary/aromatic N) is 4. The van der Waals surface area contributed by atoms with Crippen LogP contribution in [0, 0.1) is 10.1 Å². The number of fused-ring (bicyclic) bond motifs is 1. The van der Waals surface area contributed by atoms with Gasteiger partial charge in [-0.1, -0.05) is 36.0 Å². The fraction of sp³-hybridized carbons (Fsp3) is 0.105. The zero-order chi connectivity index (χ0) is 20.4. The maximum absolute atomic E-state index is 12.3. The number of non-ortho nitro benzene ring substituents is 1. The predicted molar refractivity (Wildman–Crippen MR) is 114 cm³/mol. The average molecular weight is 425 g/mol. The third-order valence-electron chi connectivity index (χ3n) is 4.18. The number of carbonyl (C=O) groups excluding carboxylic acids is 1. The topological polar surface area (TPSA) is 103 Å². The standard InChI is InChI=1S/C19H15N5O3S2/c1-23-16-8-3-2-7-14(16)21-19(23)29-11-17(25)22-18-20-15(10-28-18)12-5-4-6-13(9-12)24(26)27/h2-10H,11H2,1H3,(H,20,22,25). The number of nitro groups is 1. The van der Waals surface area contributed by atoms with Gasteiger partial charge in [0.2, 0.25) is 5.91 Å². The molecule has 29 heavy (non-hydrogen) atoms.